The molecule has 0 radical (unpaired) electrons. The molecule has 1 atom stereocenters. The molecule has 1 aromatic heterocycles. The lowest BCUT2D eigenvalue weighted by molar-refractivity contribution is 0.0729. The first kappa shape index (κ1) is 28.1. The van der Waals surface area contributed by atoms with E-state index in [2.05, 4.69) is 0 Å². The number of methoxy groups -OCH3 is 2. The van der Waals surface area contributed by atoms with Crippen molar-refractivity contribution in [3.63, 3.8) is 0 Å². The van der Waals surface area contributed by atoms with E-state index < -0.39 is 6.04 Å². The van der Waals surface area contributed by atoms with Crippen molar-refractivity contribution in [3.05, 3.63) is 134 Å². The fraction of sp³-hybridized carbons (Fsp3) is 0.222. The molecule has 1 unspecified atom stereocenters. The summed E-state index contributed by atoms with van der Waals surface area (Å²) in [7, 11) is 3.19. The number of carbonyl (C=O) groups excluding carboxylic acids is 1. The molecule has 0 aliphatic carbocycles. The lowest BCUT2D eigenvalue weighted by Crippen LogP contribution is -2.31. The maximum atomic E-state index is 14.1. The van der Waals surface area contributed by atoms with E-state index in [9.17, 15) is 9.59 Å². The van der Waals surface area contributed by atoms with Crippen molar-refractivity contribution >= 4 is 16.9 Å². The zero-order valence-corrected chi connectivity index (χ0v) is 24.7. The molecule has 0 fully saturated rings. The second kappa shape index (κ2) is 11.7. The Bertz CT molecular complexity index is 1880. The summed E-state index contributed by atoms with van der Waals surface area (Å²) in [5, 5.41) is 0.479. The van der Waals surface area contributed by atoms with E-state index in [1.165, 1.54) is 0 Å². The Morgan fingerprint density at radius 2 is 1.60 bits per heavy atom. The fourth-order valence-corrected chi connectivity index (χ4v) is 5.85. The molecule has 1 amide bonds. The van der Waals surface area contributed by atoms with Crippen LogP contribution in [0.5, 0.6) is 17.2 Å². The molecular formula is C36H33NO6. The van der Waals surface area contributed by atoms with Crippen molar-refractivity contribution in [1.82, 2.24) is 4.90 Å². The zero-order valence-electron chi connectivity index (χ0n) is 24.7. The van der Waals surface area contributed by atoms with Crippen LogP contribution in [0.1, 0.15) is 50.0 Å². The molecule has 2 heterocycles. The van der Waals surface area contributed by atoms with E-state index in [0.717, 1.165) is 27.8 Å². The number of fused-ring (bicyclic) bond motifs is 2. The minimum atomic E-state index is -0.635. The zero-order chi connectivity index (χ0) is 30.1. The molecule has 1 aliphatic heterocycles. The van der Waals surface area contributed by atoms with Crippen molar-refractivity contribution in [3.8, 4) is 17.2 Å². The van der Waals surface area contributed by atoms with Crippen LogP contribution in [-0.2, 0) is 13.0 Å². The van der Waals surface area contributed by atoms with Gasteiger partial charge in [0, 0.05) is 6.54 Å². The average molecular weight is 576 g/mol. The van der Waals surface area contributed by atoms with Crippen LogP contribution < -0.4 is 19.6 Å². The third-order valence-electron chi connectivity index (χ3n) is 7.91. The summed E-state index contributed by atoms with van der Waals surface area (Å²) in [5.41, 5.74) is 5.18. The largest absolute Gasteiger partial charge is 0.493 e. The first-order valence-electron chi connectivity index (χ1n) is 14.2. The number of amides is 1. The van der Waals surface area contributed by atoms with E-state index in [4.69, 9.17) is 18.6 Å². The lowest BCUT2D eigenvalue weighted by Gasteiger charge is -2.25. The molecule has 4 aromatic carbocycles. The summed E-state index contributed by atoms with van der Waals surface area (Å²) < 4.78 is 23.2. The highest BCUT2D eigenvalue weighted by molar-refractivity contribution is 5.99. The minimum Gasteiger partial charge on any atom is -0.493 e. The lowest BCUT2D eigenvalue weighted by atomic mass is 9.97. The number of benzene rings is 4. The highest BCUT2D eigenvalue weighted by atomic mass is 16.5. The van der Waals surface area contributed by atoms with Crippen LogP contribution in [0.2, 0.25) is 0 Å². The van der Waals surface area contributed by atoms with Gasteiger partial charge in [-0.3, -0.25) is 9.59 Å². The Morgan fingerprint density at radius 3 is 2.37 bits per heavy atom. The molecule has 43 heavy (non-hydrogen) atoms. The van der Waals surface area contributed by atoms with Gasteiger partial charge >= 0.3 is 0 Å². The predicted octanol–water partition coefficient (Wildman–Crippen LogP) is 6.79. The van der Waals surface area contributed by atoms with E-state index >= 15 is 0 Å². The first-order valence-corrected chi connectivity index (χ1v) is 14.2. The molecule has 7 nitrogen and oxygen atoms in total. The number of ether oxygens (including phenoxy) is 3. The van der Waals surface area contributed by atoms with Gasteiger partial charge in [-0.25, -0.2) is 0 Å². The molecule has 0 spiro atoms. The normalized spacial score (nSPS) is 14.2. The summed E-state index contributed by atoms with van der Waals surface area (Å²) >= 11 is 0. The molecule has 218 valence electrons. The van der Waals surface area contributed by atoms with E-state index in [1.807, 2.05) is 98.8 Å². The maximum absolute atomic E-state index is 14.1. The third kappa shape index (κ3) is 5.34. The van der Waals surface area contributed by atoms with Gasteiger partial charge in [0.05, 0.1) is 31.2 Å². The predicted molar refractivity (Wildman–Crippen MR) is 165 cm³/mol. The number of nitrogens with zero attached hydrogens (tertiary/aromatic N) is 1. The molecule has 5 aromatic rings. The van der Waals surface area contributed by atoms with Crippen molar-refractivity contribution in [1.29, 1.82) is 0 Å². The molecule has 7 heteroatoms. The molecule has 0 bridgehead atoms. The van der Waals surface area contributed by atoms with Gasteiger partial charge in [0.25, 0.3) is 5.91 Å². The highest BCUT2D eigenvalue weighted by Gasteiger charge is 2.42. The monoisotopic (exact) mass is 575 g/mol. The van der Waals surface area contributed by atoms with Crippen LogP contribution >= 0.6 is 0 Å². The van der Waals surface area contributed by atoms with E-state index in [-0.39, 0.29) is 17.1 Å². The Kier molecular flexibility index (Phi) is 7.63. The molecule has 6 rings (SSSR count). The van der Waals surface area contributed by atoms with Gasteiger partial charge in [-0.15, -0.1) is 0 Å². The van der Waals surface area contributed by atoms with Crippen LogP contribution in [0.25, 0.3) is 11.0 Å². The number of carbonyl (C=O) groups is 1. The number of rotatable bonds is 9. The summed E-state index contributed by atoms with van der Waals surface area (Å²) in [5.74, 6) is 1.68. The second-order valence-electron chi connectivity index (χ2n) is 10.8. The quantitative estimate of drug-likeness (QED) is 0.193. The topological polar surface area (TPSA) is 78.2 Å². The molecule has 0 N–H and O–H groups in total. The van der Waals surface area contributed by atoms with Gasteiger partial charge in [0.2, 0.25) is 5.76 Å². The van der Waals surface area contributed by atoms with E-state index in [0.29, 0.717) is 53.4 Å². The Labute approximate surface area is 250 Å². The third-order valence-corrected chi connectivity index (χ3v) is 7.91. The van der Waals surface area contributed by atoms with Crippen molar-refractivity contribution in [2.24, 2.45) is 0 Å². The molecule has 1 aliphatic rings. The summed E-state index contributed by atoms with van der Waals surface area (Å²) in [6, 6.07) is 26.4. The van der Waals surface area contributed by atoms with Crippen LogP contribution in [0.3, 0.4) is 0 Å². The average Bonchev–Trinajstić information content (AvgIpc) is 3.31. The highest BCUT2D eigenvalue weighted by Crippen LogP contribution is 2.40. The summed E-state index contributed by atoms with van der Waals surface area (Å²) in [4.78, 5) is 29.9. The van der Waals surface area contributed by atoms with Crippen molar-refractivity contribution in [2.75, 3.05) is 20.8 Å². The fourth-order valence-electron chi connectivity index (χ4n) is 5.85. The molecule has 0 saturated heterocycles. The summed E-state index contributed by atoms with van der Waals surface area (Å²) in [6.45, 7) is 4.60. The first-order chi connectivity index (χ1) is 20.9. The number of hydrogen-bond acceptors (Lipinski definition) is 6. The summed E-state index contributed by atoms with van der Waals surface area (Å²) in [6.07, 6.45) is 0.534. The van der Waals surface area contributed by atoms with Crippen LogP contribution in [0.4, 0.5) is 0 Å². The Morgan fingerprint density at radius 1 is 0.814 bits per heavy atom. The van der Waals surface area contributed by atoms with Crippen LogP contribution in [-0.4, -0.2) is 31.6 Å². The number of aryl methyl sites for hydroxylation is 2. The smallest absolute Gasteiger partial charge is 0.290 e. The van der Waals surface area contributed by atoms with Gasteiger partial charge < -0.3 is 23.5 Å². The van der Waals surface area contributed by atoms with Gasteiger partial charge in [0.15, 0.2) is 16.9 Å². The standard InChI is InChI=1S/C36H33NO6/c1-22-17-23(2)34-28(18-22)33(38)31-32(26-11-8-12-27(20-26)42-21-25-9-6-5-7-10-25)37(36(39)35(31)43-34)16-15-24-13-14-29(40-3)30(19-24)41-4/h5-14,17-20,32H,15-16,21H2,1-4H3. The minimum absolute atomic E-state index is 0.0948. The number of hydrogen-bond donors (Lipinski definition) is 0. The van der Waals surface area contributed by atoms with Crippen LogP contribution in [0.15, 0.2) is 94.1 Å². The van der Waals surface area contributed by atoms with E-state index in [1.54, 1.807) is 19.1 Å². The van der Waals surface area contributed by atoms with Crippen molar-refractivity contribution in [2.45, 2.75) is 32.9 Å². The van der Waals surface area contributed by atoms with Crippen molar-refractivity contribution < 1.29 is 23.4 Å². The Balaban J connectivity index is 1.41. The molecule has 0 saturated carbocycles. The van der Waals surface area contributed by atoms with Crippen LogP contribution in [0, 0.1) is 13.8 Å². The Hall–Kier alpha value is -5.04. The van der Waals surface area contributed by atoms with Gasteiger partial charge in [-0.05, 0) is 78.4 Å². The van der Waals surface area contributed by atoms with Gasteiger partial charge in [0.1, 0.15) is 17.9 Å². The van der Waals surface area contributed by atoms with Gasteiger partial charge in [-0.1, -0.05) is 54.6 Å². The SMILES string of the molecule is COc1ccc(CCN2C(=O)c3oc4c(C)cc(C)cc4c(=O)c3C2c2cccc(OCc3ccccc3)c2)cc1OC. The maximum Gasteiger partial charge on any atom is 0.290 e. The van der Waals surface area contributed by atoms with Gasteiger partial charge in [-0.2, -0.15) is 0 Å². The second-order valence-corrected chi connectivity index (χ2v) is 10.8. The molecular weight excluding hydrogens is 542 g/mol.